The molecular weight excluding hydrogens is 306 g/mol. The van der Waals surface area contributed by atoms with Gasteiger partial charge in [0.2, 0.25) is 0 Å². The average molecular weight is 328 g/mol. The molecule has 0 aliphatic heterocycles. The Balaban J connectivity index is 1.90. The summed E-state index contributed by atoms with van der Waals surface area (Å²) in [5.74, 6) is 0. The highest BCUT2D eigenvalue weighted by Gasteiger charge is 2.14. The monoisotopic (exact) mass is 327 g/mol. The molecule has 1 unspecified atom stereocenters. The van der Waals surface area contributed by atoms with Gasteiger partial charge in [-0.1, -0.05) is 31.5 Å². The van der Waals surface area contributed by atoms with Gasteiger partial charge in [-0.25, -0.2) is 0 Å². The number of rotatable bonds is 8. The molecule has 5 heteroatoms. The molecule has 1 heterocycles. The number of aliphatic hydroxyl groups excluding tert-OH is 1. The Bertz CT molecular complexity index is 568. The Morgan fingerprint density at radius 1 is 1.29 bits per heavy atom. The molecule has 2 aromatic rings. The molecule has 0 aliphatic carbocycles. The summed E-state index contributed by atoms with van der Waals surface area (Å²) in [4.78, 5) is 2.29. The number of hydrogen-bond donors (Lipinski definition) is 1. The fourth-order valence-corrected chi connectivity index (χ4v) is 3.51. The second-order valence-corrected chi connectivity index (χ2v) is 6.24. The minimum Gasteiger partial charge on any atom is -0.386 e. The van der Waals surface area contributed by atoms with Crippen molar-refractivity contribution >= 4 is 33.0 Å². The molecule has 21 heavy (non-hydrogen) atoms. The maximum atomic E-state index is 10.3. The second kappa shape index (κ2) is 8.11. The lowest BCUT2D eigenvalue weighted by molar-refractivity contribution is 0.0275. The first kappa shape index (κ1) is 16.7. The topological polar surface area (TPSA) is 32.7 Å². The zero-order valence-electron chi connectivity index (χ0n) is 12.5. The third-order valence-electron chi connectivity index (χ3n) is 3.68. The third kappa shape index (κ3) is 4.18. The number of hydrogen-bond acceptors (Lipinski definition) is 4. The number of fused-ring (bicyclic) bond motifs is 1. The molecular formula is C16H22ClNO2S. The fourth-order valence-electron chi connectivity index (χ4n) is 2.30. The lowest BCUT2D eigenvalue weighted by Gasteiger charge is -2.19. The Morgan fingerprint density at radius 2 is 2.05 bits per heavy atom. The van der Waals surface area contributed by atoms with Crippen LogP contribution in [-0.4, -0.2) is 42.9 Å². The van der Waals surface area contributed by atoms with Gasteiger partial charge in [-0.15, -0.1) is 11.3 Å². The SMILES string of the molecule is CCN(CC)CCOCC(O)c1ccc2sccc2c1Cl. The Labute approximate surface area is 135 Å². The number of thiophene rings is 1. The Hall–Kier alpha value is -0.650. The van der Waals surface area contributed by atoms with Crippen LogP contribution in [0.1, 0.15) is 25.5 Å². The van der Waals surface area contributed by atoms with E-state index in [1.807, 2.05) is 23.6 Å². The average Bonchev–Trinajstić information content (AvgIpc) is 2.97. The van der Waals surface area contributed by atoms with Crippen molar-refractivity contribution in [3.05, 3.63) is 34.2 Å². The molecule has 0 radical (unpaired) electrons. The molecule has 0 saturated carbocycles. The zero-order chi connectivity index (χ0) is 15.2. The van der Waals surface area contributed by atoms with Gasteiger partial charge in [-0.2, -0.15) is 0 Å². The van der Waals surface area contributed by atoms with Crippen molar-refractivity contribution in [2.45, 2.75) is 20.0 Å². The van der Waals surface area contributed by atoms with Crippen molar-refractivity contribution in [3.63, 3.8) is 0 Å². The number of ether oxygens (including phenoxy) is 1. The minimum absolute atomic E-state index is 0.274. The van der Waals surface area contributed by atoms with Crippen molar-refractivity contribution in [2.24, 2.45) is 0 Å². The van der Waals surface area contributed by atoms with E-state index in [4.69, 9.17) is 16.3 Å². The summed E-state index contributed by atoms with van der Waals surface area (Å²) in [5.41, 5.74) is 0.741. The van der Waals surface area contributed by atoms with E-state index in [0.717, 1.165) is 35.3 Å². The summed E-state index contributed by atoms with van der Waals surface area (Å²) in [5, 5.41) is 13.9. The van der Waals surface area contributed by atoms with E-state index in [9.17, 15) is 5.11 Å². The zero-order valence-corrected chi connectivity index (χ0v) is 14.1. The molecule has 0 fully saturated rings. The first-order chi connectivity index (χ1) is 10.2. The van der Waals surface area contributed by atoms with Crippen LogP contribution in [0.2, 0.25) is 5.02 Å². The highest BCUT2D eigenvalue weighted by atomic mass is 35.5. The van der Waals surface area contributed by atoms with E-state index in [-0.39, 0.29) is 6.61 Å². The van der Waals surface area contributed by atoms with Gasteiger partial charge in [-0.3, -0.25) is 0 Å². The molecule has 0 amide bonds. The summed E-state index contributed by atoms with van der Waals surface area (Å²) in [6.07, 6.45) is -0.682. The summed E-state index contributed by atoms with van der Waals surface area (Å²) in [7, 11) is 0. The van der Waals surface area contributed by atoms with Crippen molar-refractivity contribution in [1.29, 1.82) is 0 Å². The number of likely N-dealkylation sites (N-methyl/N-ethyl adjacent to an activating group) is 1. The van der Waals surface area contributed by atoms with Crippen molar-refractivity contribution in [2.75, 3.05) is 32.8 Å². The van der Waals surface area contributed by atoms with Crippen molar-refractivity contribution < 1.29 is 9.84 Å². The van der Waals surface area contributed by atoms with E-state index in [0.29, 0.717) is 11.6 Å². The fraction of sp³-hybridized carbons (Fsp3) is 0.500. The molecule has 1 atom stereocenters. The van der Waals surface area contributed by atoms with Crippen LogP contribution in [0.3, 0.4) is 0 Å². The first-order valence-electron chi connectivity index (χ1n) is 7.31. The van der Waals surface area contributed by atoms with Crippen LogP contribution in [0.4, 0.5) is 0 Å². The number of nitrogens with zero attached hydrogens (tertiary/aromatic N) is 1. The molecule has 1 aromatic carbocycles. The quantitative estimate of drug-likeness (QED) is 0.745. The highest BCUT2D eigenvalue weighted by molar-refractivity contribution is 7.17. The Morgan fingerprint density at radius 3 is 2.76 bits per heavy atom. The molecule has 0 saturated heterocycles. The summed E-state index contributed by atoms with van der Waals surface area (Å²) >= 11 is 8.02. The smallest absolute Gasteiger partial charge is 0.104 e. The molecule has 116 valence electrons. The third-order valence-corrected chi connectivity index (χ3v) is 4.98. The van der Waals surface area contributed by atoms with Crippen LogP contribution in [0.15, 0.2) is 23.6 Å². The lowest BCUT2D eigenvalue weighted by Crippen LogP contribution is -2.27. The van der Waals surface area contributed by atoms with Crippen LogP contribution >= 0.6 is 22.9 Å². The van der Waals surface area contributed by atoms with Gasteiger partial charge in [0.1, 0.15) is 6.10 Å². The van der Waals surface area contributed by atoms with Crippen molar-refractivity contribution in [1.82, 2.24) is 4.90 Å². The van der Waals surface area contributed by atoms with Crippen LogP contribution in [-0.2, 0) is 4.74 Å². The van der Waals surface area contributed by atoms with E-state index in [1.54, 1.807) is 11.3 Å². The van der Waals surface area contributed by atoms with E-state index < -0.39 is 6.10 Å². The number of aliphatic hydroxyl groups is 1. The van der Waals surface area contributed by atoms with Gasteiger partial charge < -0.3 is 14.7 Å². The van der Waals surface area contributed by atoms with Crippen LogP contribution < -0.4 is 0 Å². The lowest BCUT2D eigenvalue weighted by atomic mass is 10.1. The van der Waals surface area contributed by atoms with Crippen LogP contribution in [0, 0.1) is 0 Å². The minimum atomic E-state index is -0.682. The summed E-state index contributed by atoms with van der Waals surface area (Å²) < 4.78 is 6.72. The first-order valence-corrected chi connectivity index (χ1v) is 8.56. The second-order valence-electron chi connectivity index (χ2n) is 4.92. The normalized spacial score (nSPS) is 13.2. The number of benzene rings is 1. The van der Waals surface area contributed by atoms with Gasteiger partial charge in [0.05, 0.1) is 18.2 Å². The number of halogens is 1. The van der Waals surface area contributed by atoms with Gasteiger partial charge >= 0.3 is 0 Å². The Kier molecular flexibility index (Phi) is 6.45. The standard InChI is InChI=1S/C16H22ClNO2S/c1-3-18(4-2)8-9-20-11-14(19)12-5-6-15-13(16(12)17)7-10-21-15/h5-7,10,14,19H,3-4,8-9,11H2,1-2H3. The van der Waals surface area contributed by atoms with Gasteiger partial charge in [0.25, 0.3) is 0 Å². The molecule has 0 spiro atoms. The highest BCUT2D eigenvalue weighted by Crippen LogP contribution is 2.33. The van der Waals surface area contributed by atoms with E-state index >= 15 is 0 Å². The van der Waals surface area contributed by atoms with Gasteiger partial charge in [0, 0.05) is 22.2 Å². The van der Waals surface area contributed by atoms with Gasteiger partial charge in [-0.05, 0) is 30.6 Å². The maximum absolute atomic E-state index is 10.3. The van der Waals surface area contributed by atoms with Crippen molar-refractivity contribution in [3.8, 4) is 0 Å². The summed E-state index contributed by atoms with van der Waals surface area (Å²) in [6, 6.07) is 5.87. The van der Waals surface area contributed by atoms with E-state index in [2.05, 4.69) is 18.7 Å². The largest absolute Gasteiger partial charge is 0.386 e. The summed E-state index contributed by atoms with van der Waals surface area (Å²) in [6.45, 7) is 8.08. The predicted molar refractivity (Wildman–Crippen MR) is 90.4 cm³/mol. The molecule has 2 rings (SSSR count). The van der Waals surface area contributed by atoms with Crippen LogP contribution in [0.25, 0.3) is 10.1 Å². The molecule has 0 bridgehead atoms. The molecule has 1 N–H and O–H groups in total. The van der Waals surface area contributed by atoms with Crippen LogP contribution in [0.5, 0.6) is 0 Å². The molecule has 1 aromatic heterocycles. The van der Waals surface area contributed by atoms with E-state index in [1.165, 1.54) is 0 Å². The predicted octanol–water partition coefficient (Wildman–Crippen LogP) is 3.95. The molecule has 3 nitrogen and oxygen atoms in total. The maximum Gasteiger partial charge on any atom is 0.104 e. The van der Waals surface area contributed by atoms with Gasteiger partial charge in [0.15, 0.2) is 0 Å². The molecule has 0 aliphatic rings.